The van der Waals surface area contributed by atoms with Gasteiger partial charge in [0.25, 0.3) is 0 Å². The Balaban J connectivity index is 4.38. The molecule has 0 saturated carbocycles. The third-order valence-electron chi connectivity index (χ3n) is 2.61. The summed E-state index contributed by atoms with van der Waals surface area (Å²) < 4.78 is 0. The average molecular weight is 214 g/mol. The second-order valence-electron chi connectivity index (χ2n) is 3.86. The largest absolute Gasteiger partial charge is 0.550 e. The van der Waals surface area contributed by atoms with Crippen molar-refractivity contribution in [3.8, 4) is 0 Å². The molecule has 0 amide bonds. The fraction of sp³-hybridized carbons (Fsp3) is 0.700. The standard InChI is InChI=1S/C10H16O5/c1-7(11)10(2,5-3-8(12)13)6-4-9(14)15/h3-6H2,1-2H3,(H,12,13)(H,14,15)/p-2. The van der Waals surface area contributed by atoms with E-state index in [0.29, 0.717) is 0 Å². The molecule has 86 valence electrons. The van der Waals surface area contributed by atoms with Crippen LogP contribution in [0.3, 0.4) is 0 Å². The fourth-order valence-electron chi connectivity index (χ4n) is 1.23. The summed E-state index contributed by atoms with van der Waals surface area (Å²) in [7, 11) is 0. The van der Waals surface area contributed by atoms with Gasteiger partial charge in [-0.25, -0.2) is 0 Å². The lowest BCUT2D eigenvalue weighted by molar-refractivity contribution is -0.306. The molecule has 0 spiro atoms. The summed E-state index contributed by atoms with van der Waals surface area (Å²) >= 11 is 0. The van der Waals surface area contributed by atoms with Crippen LogP contribution in [0.25, 0.3) is 0 Å². The number of hydrogen-bond donors (Lipinski definition) is 0. The van der Waals surface area contributed by atoms with E-state index in [1.807, 2.05) is 0 Å². The molecule has 0 atom stereocenters. The van der Waals surface area contributed by atoms with E-state index >= 15 is 0 Å². The minimum absolute atomic E-state index is 0.0952. The quantitative estimate of drug-likeness (QED) is 0.521. The summed E-state index contributed by atoms with van der Waals surface area (Å²) in [6, 6.07) is 0. The van der Waals surface area contributed by atoms with Crippen molar-refractivity contribution in [3.05, 3.63) is 0 Å². The van der Waals surface area contributed by atoms with Crippen LogP contribution in [-0.2, 0) is 14.4 Å². The van der Waals surface area contributed by atoms with E-state index in [1.165, 1.54) is 6.92 Å². The van der Waals surface area contributed by atoms with Crippen molar-refractivity contribution in [2.24, 2.45) is 5.41 Å². The van der Waals surface area contributed by atoms with Crippen molar-refractivity contribution in [1.29, 1.82) is 0 Å². The minimum Gasteiger partial charge on any atom is -0.550 e. The highest BCUT2D eigenvalue weighted by Crippen LogP contribution is 2.29. The summed E-state index contributed by atoms with van der Waals surface area (Å²) in [5.41, 5.74) is -0.917. The molecule has 0 fully saturated rings. The monoisotopic (exact) mass is 214 g/mol. The molecule has 15 heavy (non-hydrogen) atoms. The smallest absolute Gasteiger partial charge is 0.135 e. The number of rotatable bonds is 7. The number of Topliss-reactive ketones (excluding diaryl/α,β-unsaturated/α-hetero) is 1. The second-order valence-corrected chi connectivity index (χ2v) is 3.86. The van der Waals surface area contributed by atoms with Gasteiger partial charge >= 0.3 is 0 Å². The van der Waals surface area contributed by atoms with Crippen LogP contribution in [0, 0.1) is 5.41 Å². The van der Waals surface area contributed by atoms with Crippen LogP contribution < -0.4 is 10.2 Å². The van der Waals surface area contributed by atoms with Crippen molar-refractivity contribution in [2.75, 3.05) is 0 Å². The van der Waals surface area contributed by atoms with E-state index in [9.17, 15) is 24.6 Å². The Hall–Kier alpha value is -1.39. The summed E-state index contributed by atoms with van der Waals surface area (Å²) in [6.07, 6.45) is -0.303. The highest BCUT2D eigenvalue weighted by Gasteiger charge is 2.28. The van der Waals surface area contributed by atoms with Crippen LogP contribution in [0.5, 0.6) is 0 Å². The predicted octanol–water partition coefficient (Wildman–Crippen LogP) is -1.36. The molecule has 0 saturated heterocycles. The Bertz CT molecular complexity index is 251. The van der Waals surface area contributed by atoms with Crippen LogP contribution in [0.4, 0.5) is 0 Å². The third kappa shape index (κ3) is 5.15. The number of carboxylic acids is 2. The van der Waals surface area contributed by atoms with E-state index in [2.05, 4.69) is 0 Å². The van der Waals surface area contributed by atoms with Gasteiger partial charge in [0.1, 0.15) is 5.78 Å². The van der Waals surface area contributed by atoms with Gasteiger partial charge < -0.3 is 19.8 Å². The molecular formula is C10H14O5-2. The number of carbonyl (C=O) groups excluding carboxylic acids is 3. The number of aliphatic carboxylic acids is 2. The first-order valence-corrected chi connectivity index (χ1v) is 4.68. The van der Waals surface area contributed by atoms with Gasteiger partial charge in [0.2, 0.25) is 0 Å². The fourth-order valence-corrected chi connectivity index (χ4v) is 1.23. The summed E-state index contributed by atoms with van der Waals surface area (Å²) in [4.78, 5) is 31.8. The van der Waals surface area contributed by atoms with Crippen molar-refractivity contribution in [2.45, 2.75) is 39.5 Å². The van der Waals surface area contributed by atoms with E-state index in [4.69, 9.17) is 0 Å². The summed E-state index contributed by atoms with van der Waals surface area (Å²) in [5, 5.41) is 20.5. The van der Waals surface area contributed by atoms with Crippen LogP contribution >= 0.6 is 0 Å². The Morgan fingerprint density at radius 2 is 1.33 bits per heavy atom. The van der Waals surface area contributed by atoms with Gasteiger partial charge in [0.05, 0.1) is 0 Å². The molecule has 0 unspecified atom stereocenters. The lowest BCUT2D eigenvalue weighted by Crippen LogP contribution is -2.32. The summed E-state index contributed by atoms with van der Waals surface area (Å²) in [5.74, 6) is -2.70. The Kier molecular flexibility index (Phi) is 4.97. The van der Waals surface area contributed by atoms with Crippen LogP contribution in [0.15, 0.2) is 0 Å². The molecule has 0 aromatic carbocycles. The predicted molar refractivity (Wildman–Crippen MR) is 47.3 cm³/mol. The zero-order valence-electron chi connectivity index (χ0n) is 8.87. The Morgan fingerprint density at radius 3 is 1.53 bits per heavy atom. The number of carboxylic acid groups (broad SMARTS) is 2. The molecule has 0 aliphatic rings. The molecule has 0 radical (unpaired) electrons. The summed E-state index contributed by atoms with van der Waals surface area (Å²) in [6.45, 7) is 2.88. The third-order valence-corrected chi connectivity index (χ3v) is 2.61. The molecule has 0 N–H and O–H groups in total. The first-order valence-electron chi connectivity index (χ1n) is 4.68. The van der Waals surface area contributed by atoms with Gasteiger partial charge in [0.15, 0.2) is 0 Å². The van der Waals surface area contributed by atoms with E-state index < -0.39 is 17.4 Å². The topological polar surface area (TPSA) is 97.3 Å². The van der Waals surface area contributed by atoms with Crippen molar-refractivity contribution < 1.29 is 24.6 Å². The maximum atomic E-state index is 11.3. The van der Waals surface area contributed by atoms with Crippen LogP contribution in [0.2, 0.25) is 0 Å². The van der Waals surface area contributed by atoms with Crippen molar-refractivity contribution in [3.63, 3.8) is 0 Å². The first kappa shape index (κ1) is 13.6. The molecule has 5 heteroatoms. The minimum atomic E-state index is -1.24. The Morgan fingerprint density at radius 1 is 1.00 bits per heavy atom. The van der Waals surface area contributed by atoms with Gasteiger partial charge in [-0.05, 0) is 32.6 Å². The number of ketones is 1. The number of carbonyl (C=O) groups is 3. The maximum Gasteiger partial charge on any atom is 0.135 e. The van der Waals surface area contributed by atoms with Crippen LogP contribution in [0.1, 0.15) is 39.5 Å². The van der Waals surface area contributed by atoms with Gasteiger partial charge in [-0.2, -0.15) is 0 Å². The molecule has 0 bridgehead atoms. The molecule has 5 nitrogen and oxygen atoms in total. The van der Waals surface area contributed by atoms with Gasteiger partial charge in [0, 0.05) is 17.4 Å². The van der Waals surface area contributed by atoms with Crippen LogP contribution in [-0.4, -0.2) is 17.7 Å². The molecule has 0 rings (SSSR count). The second kappa shape index (κ2) is 5.48. The zero-order chi connectivity index (χ0) is 12.1. The first-order chi connectivity index (χ1) is 6.78. The highest BCUT2D eigenvalue weighted by molar-refractivity contribution is 5.83. The van der Waals surface area contributed by atoms with E-state index in [-0.39, 0.29) is 31.5 Å². The van der Waals surface area contributed by atoms with Gasteiger partial charge in [-0.3, -0.25) is 4.79 Å². The molecular weight excluding hydrogens is 200 g/mol. The number of hydrogen-bond acceptors (Lipinski definition) is 5. The van der Waals surface area contributed by atoms with Gasteiger partial charge in [-0.1, -0.05) is 6.92 Å². The highest BCUT2D eigenvalue weighted by atomic mass is 16.4. The average Bonchev–Trinajstić information content (AvgIpc) is 2.11. The lowest BCUT2D eigenvalue weighted by Gasteiger charge is -2.27. The molecule has 0 aliphatic carbocycles. The van der Waals surface area contributed by atoms with Crippen molar-refractivity contribution in [1.82, 2.24) is 0 Å². The molecule has 0 aromatic rings. The van der Waals surface area contributed by atoms with Crippen molar-refractivity contribution >= 4 is 17.7 Å². The molecule has 0 heterocycles. The van der Waals surface area contributed by atoms with E-state index in [1.54, 1.807) is 6.92 Å². The SMILES string of the molecule is CC(=O)C(C)(CCC(=O)[O-])CCC(=O)[O-]. The zero-order valence-corrected chi connectivity index (χ0v) is 8.87. The van der Waals surface area contributed by atoms with E-state index in [0.717, 1.165) is 0 Å². The lowest BCUT2D eigenvalue weighted by atomic mass is 9.78. The molecule has 0 aliphatic heterocycles. The maximum absolute atomic E-state index is 11.3. The van der Waals surface area contributed by atoms with Gasteiger partial charge in [-0.15, -0.1) is 0 Å². The molecule has 0 aromatic heterocycles. The normalized spacial score (nSPS) is 11.1. The Labute approximate surface area is 88.1 Å².